The van der Waals surface area contributed by atoms with E-state index in [9.17, 15) is 40.7 Å². The van der Waals surface area contributed by atoms with E-state index >= 15 is 0 Å². The van der Waals surface area contributed by atoms with Gasteiger partial charge < -0.3 is 24.0 Å². The molecule has 4 rings (SSSR count). The van der Waals surface area contributed by atoms with E-state index in [1.807, 2.05) is 4.57 Å². The Hall–Kier alpha value is -3.00. The number of carbonyl (C=O) groups excluding carboxylic acids is 3. The molecule has 0 aromatic carbocycles. The fourth-order valence-electron chi connectivity index (χ4n) is 4.55. The summed E-state index contributed by atoms with van der Waals surface area (Å²) in [6.45, 7) is 2.64. The third-order valence-electron chi connectivity index (χ3n) is 7.29. The summed E-state index contributed by atoms with van der Waals surface area (Å²) < 4.78 is 81.9. The van der Waals surface area contributed by atoms with Crippen LogP contribution in [0.25, 0.3) is 0 Å². The first-order chi connectivity index (χ1) is 17.1. The molecule has 3 amide bonds. The van der Waals surface area contributed by atoms with Gasteiger partial charge in [0.05, 0.1) is 6.54 Å². The molecule has 1 aromatic rings. The lowest BCUT2D eigenvalue weighted by molar-refractivity contribution is -0.308. The standard InChI is InChI=1S/C22H27F6N5O4/c1-20(5-7-31(8-6-20)19(36)37-18(21(23,24)25)22(26,27)28)30(2)17(35)14-11-32-9-10-33(12-15(32)29-14)16(34)13-3-4-13/h11,13,18H,3-10,12H2,1-2H3. The number of hydrogen-bond donors (Lipinski definition) is 0. The number of fused-ring (bicyclic) bond motifs is 1. The van der Waals surface area contributed by atoms with Crippen molar-refractivity contribution in [1.82, 2.24) is 24.3 Å². The van der Waals surface area contributed by atoms with Gasteiger partial charge in [-0.15, -0.1) is 0 Å². The van der Waals surface area contributed by atoms with Crippen LogP contribution in [0.4, 0.5) is 31.1 Å². The van der Waals surface area contributed by atoms with E-state index in [-0.39, 0.29) is 43.5 Å². The number of piperidine rings is 1. The summed E-state index contributed by atoms with van der Waals surface area (Å²) in [6, 6.07) is 0. The number of halogens is 6. The summed E-state index contributed by atoms with van der Waals surface area (Å²) in [5.74, 6) is 0.330. The van der Waals surface area contributed by atoms with Crippen molar-refractivity contribution in [3.63, 3.8) is 0 Å². The molecule has 0 radical (unpaired) electrons. The molecule has 3 heterocycles. The van der Waals surface area contributed by atoms with E-state index in [1.54, 1.807) is 18.0 Å². The maximum atomic E-state index is 13.2. The molecule has 15 heteroatoms. The van der Waals surface area contributed by atoms with Crippen molar-refractivity contribution in [1.29, 1.82) is 0 Å². The molecule has 1 saturated carbocycles. The average molecular weight is 539 g/mol. The Labute approximate surface area is 208 Å². The van der Waals surface area contributed by atoms with Crippen LogP contribution in [0.1, 0.15) is 48.9 Å². The van der Waals surface area contributed by atoms with Crippen molar-refractivity contribution >= 4 is 17.9 Å². The monoisotopic (exact) mass is 539 g/mol. The lowest BCUT2D eigenvalue weighted by Gasteiger charge is -2.44. The number of carbonyl (C=O) groups is 3. The molecule has 1 saturated heterocycles. The second-order valence-corrected chi connectivity index (χ2v) is 9.97. The average Bonchev–Trinajstić information content (AvgIpc) is 3.58. The van der Waals surface area contributed by atoms with Crippen LogP contribution in [0.3, 0.4) is 0 Å². The van der Waals surface area contributed by atoms with Crippen molar-refractivity contribution in [2.75, 3.05) is 26.7 Å². The van der Waals surface area contributed by atoms with E-state index in [0.717, 1.165) is 17.7 Å². The summed E-state index contributed by atoms with van der Waals surface area (Å²) in [5.41, 5.74) is -0.668. The Balaban J connectivity index is 1.36. The van der Waals surface area contributed by atoms with Gasteiger partial charge in [0.25, 0.3) is 12.0 Å². The molecule has 0 spiro atoms. The minimum absolute atomic E-state index is 0.0738. The minimum Gasteiger partial charge on any atom is -0.426 e. The zero-order valence-corrected chi connectivity index (χ0v) is 20.2. The summed E-state index contributed by atoms with van der Waals surface area (Å²) >= 11 is 0. The normalized spacial score (nSPS) is 20.0. The number of ether oxygens (including phenoxy) is 1. The molecule has 0 bridgehead atoms. The number of imidazole rings is 1. The third-order valence-corrected chi connectivity index (χ3v) is 7.29. The predicted molar refractivity (Wildman–Crippen MR) is 114 cm³/mol. The Morgan fingerprint density at radius 2 is 1.62 bits per heavy atom. The van der Waals surface area contributed by atoms with Gasteiger partial charge in [-0.1, -0.05) is 0 Å². The van der Waals surface area contributed by atoms with E-state index in [1.165, 1.54) is 11.9 Å². The van der Waals surface area contributed by atoms with E-state index in [4.69, 9.17) is 0 Å². The summed E-state index contributed by atoms with van der Waals surface area (Å²) in [4.78, 5) is 46.0. The molecule has 1 aliphatic carbocycles. The number of nitrogens with zero attached hydrogens (tertiary/aromatic N) is 5. The lowest BCUT2D eigenvalue weighted by Crippen LogP contribution is -2.56. The van der Waals surface area contributed by atoms with Gasteiger partial charge in [-0.05, 0) is 32.6 Å². The highest BCUT2D eigenvalue weighted by atomic mass is 19.4. The fourth-order valence-corrected chi connectivity index (χ4v) is 4.55. The Morgan fingerprint density at radius 1 is 1.03 bits per heavy atom. The maximum absolute atomic E-state index is 13.2. The van der Waals surface area contributed by atoms with E-state index in [0.29, 0.717) is 25.5 Å². The fraction of sp³-hybridized carbons (Fsp3) is 0.727. The van der Waals surface area contributed by atoms with Crippen LogP contribution in [-0.2, 0) is 22.6 Å². The van der Waals surface area contributed by atoms with Crippen molar-refractivity contribution in [2.24, 2.45) is 5.92 Å². The quantitative estimate of drug-likeness (QED) is 0.549. The second kappa shape index (κ2) is 9.39. The van der Waals surface area contributed by atoms with E-state index < -0.39 is 36.0 Å². The van der Waals surface area contributed by atoms with Crippen LogP contribution < -0.4 is 0 Å². The Kier molecular flexibility index (Phi) is 6.86. The van der Waals surface area contributed by atoms with Crippen LogP contribution in [0, 0.1) is 5.92 Å². The minimum atomic E-state index is -5.79. The first-order valence-corrected chi connectivity index (χ1v) is 11.8. The number of aromatic nitrogens is 2. The highest BCUT2D eigenvalue weighted by Gasteiger charge is 2.60. The SMILES string of the molecule is CN(C(=O)c1cn2c(n1)CN(C(=O)C1CC1)CC2)C1(C)CCN(C(=O)OC(C(F)(F)F)C(F)(F)F)CC1. The van der Waals surface area contributed by atoms with Crippen molar-refractivity contribution in [3.8, 4) is 0 Å². The van der Waals surface area contributed by atoms with Gasteiger partial charge in [0.1, 0.15) is 11.5 Å². The highest BCUT2D eigenvalue weighted by molar-refractivity contribution is 5.92. The predicted octanol–water partition coefficient (Wildman–Crippen LogP) is 3.19. The third kappa shape index (κ3) is 5.64. The lowest BCUT2D eigenvalue weighted by atomic mass is 9.88. The topological polar surface area (TPSA) is 88.0 Å². The Bertz CT molecular complexity index is 1040. The van der Waals surface area contributed by atoms with Gasteiger partial charge in [0.15, 0.2) is 0 Å². The number of hydrogen-bond acceptors (Lipinski definition) is 5. The molecular weight excluding hydrogens is 512 g/mol. The molecule has 3 aliphatic rings. The molecule has 2 fully saturated rings. The summed E-state index contributed by atoms with van der Waals surface area (Å²) in [7, 11) is 1.53. The molecular formula is C22H27F6N5O4. The zero-order chi connectivity index (χ0) is 27.3. The second-order valence-electron chi connectivity index (χ2n) is 9.97. The molecule has 37 heavy (non-hydrogen) atoms. The highest BCUT2D eigenvalue weighted by Crippen LogP contribution is 2.37. The van der Waals surface area contributed by atoms with Crippen molar-refractivity contribution < 1.29 is 45.5 Å². The maximum Gasteiger partial charge on any atom is 0.434 e. The van der Waals surface area contributed by atoms with Crippen LogP contribution in [-0.4, -0.2) is 92.8 Å². The van der Waals surface area contributed by atoms with Gasteiger partial charge >= 0.3 is 18.4 Å². The summed E-state index contributed by atoms with van der Waals surface area (Å²) in [6.07, 6.45) is -13.9. The molecule has 9 nitrogen and oxygen atoms in total. The largest absolute Gasteiger partial charge is 0.434 e. The smallest absolute Gasteiger partial charge is 0.426 e. The van der Waals surface area contributed by atoms with Crippen LogP contribution in [0.2, 0.25) is 0 Å². The molecule has 2 aliphatic heterocycles. The zero-order valence-electron chi connectivity index (χ0n) is 20.2. The van der Waals surface area contributed by atoms with E-state index in [2.05, 4.69) is 9.72 Å². The number of amides is 3. The molecule has 0 N–H and O–H groups in total. The molecule has 1 aromatic heterocycles. The Morgan fingerprint density at radius 3 is 2.16 bits per heavy atom. The van der Waals surface area contributed by atoms with Crippen LogP contribution in [0.15, 0.2) is 6.20 Å². The molecule has 0 unspecified atom stereocenters. The van der Waals surface area contributed by atoms with Gasteiger partial charge in [-0.2, -0.15) is 26.3 Å². The first-order valence-electron chi connectivity index (χ1n) is 11.8. The molecule has 206 valence electrons. The first kappa shape index (κ1) is 27.0. The number of likely N-dealkylation sites (tertiary alicyclic amines) is 1. The van der Waals surface area contributed by atoms with Gasteiger partial charge in [0, 0.05) is 50.9 Å². The number of alkyl halides is 6. The summed E-state index contributed by atoms with van der Waals surface area (Å²) in [5, 5.41) is 0. The van der Waals surface area contributed by atoms with Gasteiger partial charge in [0.2, 0.25) is 5.91 Å². The van der Waals surface area contributed by atoms with Crippen molar-refractivity contribution in [3.05, 3.63) is 17.7 Å². The van der Waals surface area contributed by atoms with Crippen LogP contribution >= 0.6 is 0 Å². The van der Waals surface area contributed by atoms with Gasteiger partial charge in [-0.3, -0.25) is 9.59 Å². The molecule has 0 atom stereocenters. The number of rotatable bonds is 4. The van der Waals surface area contributed by atoms with Crippen molar-refractivity contribution in [2.45, 2.75) is 69.7 Å². The van der Waals surface area contributed by atoms with Crippen LogP contribution in [0.5, 0.6) is 0 Å². The van der Waals surface area contributed by atoms with Gasteiger partial charge in [-0.25, -0.2) is 9.78 Å².